The van der Waals surface area contributed by atoms with Gasteiger partial charge in [0.1, 0.15) is 23.9 Å². The van der Waals surface area contributed by atoms with Crippen molar-refractivity contribution in [1.29, 1.82) is 0 Å². The van der Waals surface area contributed by atoms with Crippen molar-refractivity contribution in [2.45, 2.75) is 26.8 Å². The van der Waals surface area contributed by atoms with Crippen molar-refractivity contribution in [1.82, 2.24) is 29.5 Å². The van der Waals surface area contributed by atoms with Gasteiger partial charge in [-0.2, -0.15) is 0 Å². The number of nitrogens with one attached hydrogen (secondary N) is 1. The van der Waals surface area contributed by atoms with E-state index in [1.807, 2.05) is 25.3 Å². The number of ether oxygens (including phenoxy) is 2. The lowest BCUT2D eigenvalue weighted by Gasteiger charge is -2.13. The molecule has 4 aromatic rings. The quantitative estimate of drug-likeness (QED) is 0.438. The Morgan fingerprint density at radius 1 is 1.17 bits per heavy atom. The van der Waals surface area contributed by atoms with Crippen LogP contribution in [0.2, 0.25) is 0 Å². The van der Waals surface area contributed by atoms with Crippen molar-refractivity contribution in [3.63, 3.8) is 0 Å². The highest BCUT2D eigenvalue weighted by atomic mass is 19.1. The standard InChI is InChI=1S/C23H23FN8O3/c1-12(2)32-13(3)27-20-17(32)9-16(28-21(20)34-4)19-15(24)11-26-22(30-19)29-18-6-5-14(10-25-18)31-7-8-35-23(31)33/h5-6,9-12H,7-8H2,1-4H3,(H,25,26,29,30). The zero-order valence-corrected chi connectivity index (χ0v) is 19.6. The topological polar surface area (TPSA) is 120 Å². The maximum atomic E-state index is 14.8. The number of halogens is 1. The van der Waals surface area contributed by atoms with Gasteiger partial charge in [-0.05, 0) is 39.0 Å². The Morgan fingerprint density at radius 3 is 2.66 bits per heavy atom. The third-order valence-electron chi connectivity index (χ3n) is 5.58. The second kappa shape index (κ2) is 8.78. The van der Waals surface area contributed by atoms with Crippen LogP contribution in [0.3, 0.4) is 0 Å². The molecule has 0 spiro atoms. The summed E-state index contributed by atoms with van der Waals surface area (Å²) >= 11 is 0. The summed E-state index contributed by atoms with van der Waals surface area (Å²) in [5.41, 5.74) is 2.27. The summed E-state index contributed by atoms with van der Waals surface area (Å²) < 4.78 is 27.3. The van der Waals surface area contributed by atoms with E-state index in [0.29, 0.717) is 30.2 Å². The van der Waals surface area contributed by atoms with E-state index in [1.165, 1.54) is 18.2 Å². The highest BCUT2D eigenvalue weighted by Gasteiger charge is 2.24. The van der Waals surface area contributed by atoms with Crippen LogP contribution < -0.4 is 15.0 Å². The fourth-order valence-corrected chi connectivity index (χ4v) is 4.07. The minimum Gasteiger partial charge on any atom is -0.479 e. The van der Waals surface area contributed by atoms with Crippen molar-refractivity contribution < 1.29 is 18.7 Å². The molecule has 0 unspecified atom stereocenters. The average Bonchev–Trinajstić information content (AvgIpc) is 3.42. The number of hydrogen-bond donors (Lipinski definition) is 1. The second-order valence-corrected chi connectivity index (χ2v) is 8.19. The number of rotatable bonds is 6. The molecule has 11 nitrogen and oxygen atoms in total. The molecule has 1 amide bonds. The van der Waals surface area contributed by atoms with Crippen LogP contribution in [-0.2, 0) is 4.74 Å². The summed E-state index contributed by atoms with van der Waals surface area (Å²) in [4.78, 5) is 34.9. The molecule has 0 bridgehead atoms. The van der Waals surface area contributed by atoms with Crippen LogP contribution in [0, 0.1) is 12.7 Å². The molecule has 1 N–H and O–H groups in total. The van der Waals surface area contributed by atoms with Crippen LogP contribution in [0.25, 0.3) is 22.4 Å². The molecule has 1 aliphatic heterocycles. The van der Waals surface area contributed by atoms with Crippen molar-refractivity contribution in [2.24, 2.45) is 0 Å². The van der Waals surface area contributed by atoms with Crippen LogP contribution in [0.4, 0.5) is 26.6 Å². The van der Waals surface area contributed by atoms with Gasteiger partial charge in [0.2, 0.25) is 11.8 Å². The summed E-state index contributed by atoms with van der Waals surface area (Å²) in [5.74, 6) is 1.01. The molecule has 0 atom stereocenters. The van der Waals surface area contributed by atoms with E-state index >= 15 is 0 Å². The fourth-order valence-electron chi connectivity index (χ4n) is 4.07. The van der Waals surface area contributed by atoms with Gasteiger partial charge in [0.05, 0.1) is 42.9 Å². The van der Waals surface area contributed by atoms with Gasteiger partial charge < -0.3 is 19.4 Å². The third kappa shape index (κ3) is 4.07. The first-order valence-electron chi connectivity index (χ1n) is 11.0. The largest absolute Gasteiger partial charge is 0.479 e. The Kier molecular flexibility index (Phi) is 5.63. The summed E-state index contributed by atoms with van der Waals surface area (Å²) in [6.45, 7) is 6.79. The molecule has 4 aromatic heterocycles. The number of hydrogen-bond acceptors (Lipinski definition) is 9. The Hall–Kier alpha value is -4.35. The molecular formula is C23H23FN8O3. The minimum atomic E-state index is -0.632. The highest BCUT2D eigenvalue weighted by Crippen LogP contribution is 2.32. The van der Waals surface area contributed by atoms with Gasteiger partial charge >= 0.3 is 6.09 Å². The molecular weight excluding hydrogens is 455 g/mol. The number of methoxy groups -OCH3 is 1. The van der Waals surface area contributed by atoms with E-state index in [1.54, 1.807) is 18.2 Å². The SMILES string of the molecule is COc1nc(-c2nc(Nc3ccc(N4CCOC4=O)cn3)ncc2F)cc2c1nc(C)n2C(C)C. The summed E-state index contributed by atoms with van der Waals surface area (Å²) in [6, 6.07) is 5.27. The smallest absolute Gasteiger partial charge is 0.414 e. The molecule has 35 heavy (non-hydrogen) atoms. The van der Waals surface area contributed by atoms with Gasteiger partial charge in [0.15, 0.2) is 11.3 Å². The number of amides is 1. The summed E-state index contributed by atoms with van der Waals surface area (Å²) in [7, 11) is 1.50. The van der Waals surface area contributed by atoms with E-state index in [-0.39, 0.29) is 29.3 Å². The van der Waals surface area contributed by atoms with E-state index in [9.17, 15) is 9.18 Å². The molecule has 5 heterocycles. The number of fused-ring (bicyclic) bond motifs is 1. The van der Waals surface area contributed by atoms with Crippen molar-refractivity contribution >= 4 is 34.6 Å². The molecule has 0 radical (unpaired) electrons. The predicted molar refractivity (Wildman–Crippen MR) is 126 cm³/mol. The predicted octanol–water partition coefficient (Wildman–Crippen LogP) is 4.02. The lowest BCUT2D eigenvalue weighted by Crippen LogP contribution is -2.23. The van der Waals surface area contributed by atoms with Gasteiger partial charge in [-0.15, -0.1) is 0 Å². The molecule has 5 rings (SSSR count). The van der Waals surface area contributed by atoms with Crippen molar-refractivity contribution in [3.05, 3.63) is 42.2 Å². The molecule has 12 heteroatoms. The molecule has 0 saturated carbocycles. The number of aromatic nitrogens is 6. The zero-order valence-electron chi connectivity index (χ0n) is 19.6. The van der Waals surface area contributed by atoms with Crippen LogP contribution in [-0.4, -0.2) is 55.8 Å². The summed E-state index contributed by atoms with van der Waals surface area (Å²) in [6.07, 6.45) is 2.20. The third-order valence-corrected chi connectivity index (χ3v) is 5.58. The van der Waals surface area contributed by atoms with Crippen molar-refractivity contribution in [3.8, 4) is 17.3 Å². The van der Waals surface area contributed by atoms with Gasteiger partial charge in [0.25, 0.3) is 0 Å². The lowest BCUT2D eigenvalue weighted by atomic mass is 10.2. The molecule has 1 saturated heterocycles. The lowest BCUT2D eigenvalue weighted by molar-refractivity contribution is 0.181. The number of pyridine rings is 2. The molecule has 180 valence electrons. The van der Waals surface area contributed by atoms with Gasteiger partial charge in [-0.25, -0.2) is 34.1 Å². The second-order valence-electron chi connectivity index (χ2n) is 8.19. The summed E-state index contributed by atoms with van der Waals surface area (Å²) in [5, 5.41) is 2.96. The van der Waals surface area contributed by atoms with Gasteiger partial charge in [-0.3, -0.25) is 4.90 Å². The Labute approximate surface area is 200 Å². The number of carbonyl (C=O) groups is 1. The number of aryl methyl sites for hydroxylation is 1. The Morgan fingerprint density at radius 2 is 2.00 bits per heavy atom. The number of nitrogens with zero attached hydrogens (tertiary/aromatic N) is 7. The first-order valence-corrected chi connectivity index (χ1v) is 11.0. The minimum absolute atomic E-state index is 0.00768. The van der Waals surface area contributed by atoms with E-state index < -0.39 is 11.9 Å². The number of anilines is 3. The zero-order chi connectivity index (χ0) is 24.7. The highest BCUT2D eigenvalue weighted by molar-refractivity contribution is 5.89. The van der Waals surface area contributed by atoms with E-state index in [0.717, 1.165) is 17.5 Å². The van der Waals surface area contributed by atoms with Gasteiger partial charge in [0, 0.05) is 6.04 Å². The first-order chi connectivity index (χ1) is 16.9. The van der Waals surface area contributed by atoms with E-state index in [2.05, 4.69) is 30.2 Å². The first kappa shape index (κ1) is 22.4. The fraction of sp³-hybridized carbons (Fsp3) is 0.304. The number of carbonyl (C=O) groups excluding carboxylic acids is 1. The van der Waals surface area contributed by atoms with Gasteiger partial charge in [-0.1, -0.05) is 0 Å². The van der Waals surface area contributed by atoms with Crippen molar-refractivity contribution in [2.75, 3.05) is 30.5 Å². The van der Waals surface area contributed by atoms with Crippen LogP contribution >= 0.6 is 0 Å². The van der Waals surface area contributed by atoms with Crippen LogP contribution in [0.1, 0.15) is 25.7 Å². The van der Waals surface area contributed by atoms with Crippen LogP contribution in [0.15, 0.2) is 30.6 Å². The molecule has 1 aliphatic rings. The maximum Gasteiger partial charge on any atom is 0.414 e. The Balaban J connectivity index is 1.49. The molecule has 0 aliphatic carbocycles. The number of cyclic esters (lactones) is 1. The normalized spacial score (nSPS) is 13.5. The Bertz CT molecular complexity index is 1420. The monoisotopic (exact) mass is 478 g/mol. The molecule has 1 fully saturated rings. The maximum absolute atomic E-state index is 14.8. The molecule has 0 aromatic carbocycles. The average molecular weight is 478 g/mol. The van der Waals surface area contributed by atoms with E-state index in [4.69, 9.17) is 9.47 Å². The van der Waals surface area contributed by atoms with Crippen LogP contribution in [0.5, 0.6) is 5.88 Å². The number of imidazole rings is 1.